The summed E-state index contributed by atoms with van der Waals surface area (Å²) in [5.74, 6) is 0.616. The van der Waals surface area contributed by atoms with Gasteiger partial charge in [-0.25, -0.2) is 0 Å². The Hall–Kier alpha value is -2.86. The lowest BCUT2D eigenvalue weighted by Crippen LogP contribution is -2.49. The van der Waals surface area contributed by atoms with Crippen LogP contribution in [0.4, 0.5) is 5.69 Å². The van der Waals surface area contributed by atoms with Crippen LogP contribution < -0.4 is 9.64 Å². The van der Waals surface area contributed by atoms with Crippen LogP contribution in [0.1, 0.15) is 15.9 Å². The van der Waals surface area contributed by atoms with Crippen molar-refractivity contribution in [1.82, 2.24) is 4.90 Å². The Bertz CT molecular complexity index is 1020. The molecule has 3 aromatic carbocycles. The minimum Gasteiger partial charge on any atom is -0.491 e. The molecule has 32 heavy (non-hydrogen) atoms. The number of rotatable bonds is 8. The van der Waals surface area contributed by atoms with Gasteiger partial charge in [-0.3, -0.25) is 9.69 Å². The summed E-state index contributed by atoms with van der Waals surface area (Å²) in [4.78, 5) is 17.0. The van der Waals surface area contributed by atoms with Crippen molar-refractivity contribution in [2.45, 2.75) is 6.10 Å². The molecule has 4 rings (SSSR count). The van der Waals surface area contributed by atoms with Crippen molar-refractivity contribution in [3.8, 4) is 5.75 Å². The van der Waals surface area contributed by atoms with E-state index in [1.165, 1.54) is 0 Å². The first-order chi connectivity index (χ1) is 15.6. The number of anilines is 1. The van der Waals surface area contributed by atoms with E-state index in [2.05, 4.69) is 9.80 Å². The van der Waals surface area contributed by atoms with Gasteiger partial charge in [0, 0.05) is 43.9 Å². The number of halogens is 1. The standard InChI is InChI=1S/C26H27ClN2O3/c27-24-8-4-5-9-25(24)29-16-14-28(15-17-29)18-22(30)19-32-23-12-10-21(11-13-23)26(31)20-6-2-1-3-7-20/h1-13,22,30H,14-19H2. The van der Waals surface area contributed by atoms with Gasteiger partial charge in [-0.15, -0.1) is 0 Å². The van der Waals surface area contributed by atoms with Crippen LogP contribution in [0.15, 0.2) is 78.9 Å². The second-order valence-corrected chi connectivity index (χ2v) is 8.33. The number of piperazine rings is 1. The van der Waals surface area contributed by atoms with E-state index >= 15 is 0 Å². The van der Waals surface area contributed by atoms with E-state index in [1.807, 2.05) is 42.5 Å². The zero-order valence-electron chi connectivity index (χ0n) is 17.9. The number of hydrogen-bond donors (Lipinski definition) is 1. The van der Waals surface area contributed by atoms with E-state index in [0.717, 1.165) is 36.9 Å². The first-order valence-corrected chi connectivity index (χ1v) is 11.2. The molecule has 0 amide bonds. The maximum atomic E-state index is 12.5. The van der Waals surface area contributed by atoms with Gasteiger partial charge < -0.3 is 14.7 Å². The van der Waals surface area contributed by atoms with Crippen molar-refractivity contribution in [3.63, 3.8) is 0 Å². The number of aliphatic hydroxyl groups excluding tert-OH is 1. The van der Waals surface area contributed by atoms with Gasteiger partial charge in [-0.05, 0) is 36.4 Å². The fourth-order valence-corrected chi connectivity index (χ4v) is 4.14. The number of nitrogens with zero attached hydrogens (tertiary/aromatic N) is 2. The number of ether oxygens (including phenoxy) is 1. The molecule has 3 aromatic rings. The number of benzene rings is 3. The minimum atomic E-state index is -0.590. The molecule has 1 saturated heterocycles. The van der Waals surface area contributed by atoms with E-state index in [0.29, 0.717) is 23.4 Å². The van der Waals surface area contributed by atoms with Crippen molar-refractivity contribution in [3.05, 3.63) is 95.0 Å². The fourth-order valence-electron chi connectivity index (χ4n) is 3.88. The molecule has 0 aliphatic carbocycles. The molecule has 1 unspecified atom stereocenters. The molecule has 1 atom stereocenters. The lowest BCUT2D eigenvalue weighted by molar-refractivity contribution is 0.0663. The predicted octanol–water partition coefficient (Wildman–Crippen LogP) is 4.13. The molecule has 0 spiro atoms. The van der Waals surface area contributed by atoms with E-state index in [-0.39, 0.29) is 12.4 Å². The quantitative estimate of drug-likeness (QED) is 0.523. The van der Waals surface area contributed by atoms with E-state index < -0.39 is 6.10 Å². The molecule has 0 aromatic heterocycles. The summed E-state index contributed by atoms with van der Waals surface area (Å²) in [6.45, 7) is 4.22. The van der Waals surface area contributed by atoms with Crippen LogP contribution in [0, 0.1) is 0 Å². The van der Waals surface area contributed by atoms with Crippen LogP contribution in [0.5, 0.6) is 5.75 Å². The summed E-state index contributed by atoms with van der Waals surface area (Å²) in [6.07, 6.45) is -0.590. The molecule has 1 aliphatic heterocycles. The Labute approximate surface area is 193 Å². The Morgan fingerprint density at radius 1 is 0.875 bits per heavy atom. The molecule has 5 nitrogen and oxygen atoms in total. The number of carbonyl (C=O) groups excluding carboxylic acids is 1. The molecule has 1 heterocycles. The highest BCUT2D eigenvalue weighted by Gasteiger charge is 2.21. The molecule has 6 heteroatoms. The molecule has 0 saturated carbocycles. The smallest absolute Gasteiger partial charge is 0.193 e. The van der Waals surface area contributed by atoms with Crippen LogP contribution in [0.25, 0.3) is 0 Å². The second-order valence-electron chi connectivity index (χ2n) is 7.92. The van der Waals surface area contributed by atoms with Gasteiger partial charge in [0.15, 0.2) is 5.78 Å². The SMILES string of the molecule is O=C(c1ccccc1)c1ccc(OCC(O)CN2CCN(c3ccccc3Cl)CC2)cc1. The normalized spacial score (nSPS) is 15.4. The predicted molar refractivity (Wildman–Crippen MR) is 128 cm³/mol. The first-order valence-electron chi connectivity index (χ1n) is 10.8. The number of β-amino-alcohol motifs (C(OH)–C–C–N with tert-alkyl or cyclic N) is 1. The highest BCUT2D eigenvalue weighted by atomic mass is 35.5. The zero-order valence-corrected chi connectivity index (χ0v) is 18.6. The zero-order chi connectivity index (χ0) is 22.3. The molecule has 1 N–H and O–H groups in total. The number of hydrogen-bond acceptors (Lipinski definition) is 5. The van der Waals surface area contributed by atoms with Gasteiger partial charge in [-0.2, -0.15) is 0 Å². The maximum absolute atomic E-state index is 12.5. The summed E-state index contributed by atoms with van der Waals surface area (Å²) in [6, 6.07) is 24.1. The Morgan fingerprint density at radius 2 is 1.50 bits per heavy atom. The summed E-state index contributed by atoms with van der Waals surface area (Å²) < 4.78 is 5.74. The van der Waals surface area contributed by atoms with Crippen LogP contribution >= 0.6 is 11.6 Å². The number of aliphatic hydroxyl groups is 1. The molecule has 1 fully saturated rings. The molecule has 166 valence electrons. The first kappa shape index (κ1) is 22.3. The second kappa shape index (κ2) is 10.6. The summed E-state index contributed by atoms with van der Waals surface area (Å²) in [5.41, 5.74) is 2.33. The highest BCUT2D eigenvalue weighted by Crippen LogP contribution is 2.26. The van der Waals surface area contributed by atoms with Gasteiger partial charge in [0.05, 0.1) is 10.7 Å². The largest absolute Gasteiger partial charge is 0.491 e. The Kier molecular flexibility index (Phi) is 7.43. The van der Waals surface area contributed by atoms with Gasteiger partial charge in [0.1, 0.15) is 18.5 Å². The van der Waals surface area contributed by atoms with E-state index in [9.17, 15) is 9.90 Å². The maximum Gasteiger partial charge on any atom is 0.193 e. The molecule has 0 bridgehead atoms. The van der Waals surface area contributed by atoms with Crippen LogP contribution in [0.2, 0.25) is 5.02 Å². The van der Waals surface area contributed by atoms with Crippen molar-refractivity contribution in [2.24, 2.45) is 0 Å². The third-order valence-corrected chi connectivity index (χ3v) is 5.95. The number of ketones is 1. The van der Waals surface area contributed by atoms with Crippen molar-refractivity contribution in [1.29, 1.82) is 0 Å². The van der Waals surface area contributed by atoms with Gasteiger partial charge >= 0.3 is 0 Å². The summed E-state index contributed by atoms with van der Waals surface area (Å²) in [5, 5.41) is 11.2. The van der Waals surface area contributed by atoms with Crippen LogP contribution in [-0.2, 0) is 0 Å². The molecular weight excluding hydrogens is 424 g/mol. The average molecular weight is 451 g/mol. The molecule has 0 radical (unpaired) electrons. The third kappa shape index (κ3) is 5.68. The topological polar surface area (TPSA) is 53.0 Å². The highest BCUT2D eigenvalue weighted by molar-refractivity contribution is 6.33. The number of carbonyl (C=O) groups is 1. The lowest BCUT2D eigenvalue weighted by Gasteiger charge is -2.37. The molecular formula is C26H27ClN2O3. The van der Waals surface area contributed by atoms with Crippen molar-refractivity contribution >= 4 is 23.1 Å². The van der Waals surface area contributed by atoms with E-state index in [1.54, 1.807) is 36.4 Å². The molecule has 1 aliphatic rings. The summed E-state index contributed by atoms with van der Waals surface area (Å²) >= 11 is 6.31. The monoisotopic (exact) mass is 450 g/mol. The average Bonchev–Trinajstić information content (AvgIpc) is 2.84. The van der Waals surface area contributed by atoms with Gasteiger partial charge in [0.2, 0.25) is 0 Å². The third-order valence-electron chi connectivity index (χ3n) is 5.63. The van der Waals surface area contributed by atoms with Crippen molar-refractivity contribution < 1.29 is 14.6 Å². The summed E-state index contributed by atoms with van der Waals surface area (Å²) in [7, 11) is 0. The fraction of sp³-hybridized carbons (Fsp3) is 0.269. The minimum absolute atomic E-state index is 0.0203. The van der Waals surface area contributed by atoms with Gasteiger partial charge in [0.25, 0.3) is 0 Å². The lowest BCUT2D eigenvalue weighted by atomic mass is 10.0. The van der Waals surface area contributed by atoms with Gasteiger partial charge in [-0.1, -0.05) is 54.1 Å². The Morgan fingerprint density at radius 3 is 2.19 bits per heavy atom. The number of para-hydroxylation sites is 1. The van der Waals surface area contributed by atoms with E-state index in [4.69, 9.17) is 16.3 Å². The van der Waals surface area contributed by atoms with Crippen LogP contribution in [-0.4, -0.2) is 61.2 Å². The van der Waals surface area contributed by atoms with Crippen LogP contribution in [0.3, 0.4) is 0 Å². The van der Waals surface area contributed by atoms with Crippen molar-refractivity contribution in [2.75, 3.05) is 44.2 Å². The Balaban J connectivity index is 1.22.